The molecule has 0 spiro atoms. The molecule has 4 N–H and O–H groups in total. The Hall–Kier alpha value is -1.18. The van der Waals surface area contributed by atoms with E-state index in [0.29, 0.717) is 0 Å². The number of piperazine rings is 1. The second-order valence-electron chi connectivity index (χ2n) is 4.12. The molecular formula is C9H15N3O4. The van der Waals surface area contributed by atoms with Crippen LogP contribution in [-0.4, -0.2) is 71.4 Å². The minimum atomic E-state index is -0.873. The number of nitrogens with one attached hydrogen (secondary N) is 2. The van der Waals surface area contributed by atoms with E-state index in [0.717, 1.165) is 0 Å². The first-order valence-electron chi connectivity index (χ1n) is 5.23. The summed E-state index contributed by atoms with van der Waals surface area (Å²) in [7, 11) is 0. The predicted octanol–water partition coefficient (Wildman–Crippen LogP) is -3.36. The van der Waals surface area contributed by atoms with Crippen molar-refractivity contribution in [2.45, 2.75) is 18.2 Å². The zero-order chi connectivity index (χ0) is 11.7. The summed E-state index contributed by atoms with van der Waals surface area (Å²) in [4.78, 5) is 24.2. The van der Waals surface area contributed by atoms with Gasteiger partial charge in [0, 0.05) is 19.6 Å². The molecule has 0 aromatic carbocycles. The summed E-state index contributed by atoms with van der Waals surface area (Å²) >= 11 is 0. The van der Waals surface area contributed by atoms with E-state index in [1.807, 2.05) is 0 Å². The molecular weight excluding hydrogens is 214 g/mol. The Labute approximate surface area is 92.4 Å². The van der Waals surface area contributed by atoms with E-state index in [4.69, 9.17) is 0 Å². The third kappa shape index (κ3) is 2.16. The molecule has 3 atom stereocenters. The third-order valence-electron chi connectivity index (χ3n) is 2.88. The van der Waals surface area contributed by atoms with Crippen molar-refractivity contribution in [3.05, 3.63) is 0 Å². The maximum Gasteiger partial charge on any atom is 0.241 e. The molecule has 0 aromatic heterocycles. The molecule has 2 aliphatic heterocycles. The van der Waals surface area contributed by atoms with Crippen molar-refractivity contribution in [3.63, 3.8) is 0 Å². The van der Waals surface area contributed by atoms with Crippen LogP contribution < -0.4 is 10.6 Å². The van der Waals surface area contributed by atoms with E-state index in [-0.39, 0.29) is 38.0 Å². The summed E-state index contributed by atoms with van der Waals surface area (Å²) in [6.45, 7) is 0.661. The number of rotatable bonds is 1. The van der Waals surface area contributed by atoms with Crippen LogP contribution in [0.25, 0.3) is 0 Å². The van der Waals surface area contributed by atoms with Gasteiger partial charge in [0.15, 0.2) is 0 Å². The fourth-order valence-corrected chi connectivity index (χ4v) is 1.91. The highest BCUT2D eigenvalue weighted by Gasteiger charge is 2.36. The molecule has 0 aliphatic carbocycles. The largest absolute Gasteiger partial charge is 0.388 e. The molecule has 2 heterocycles. The molecule has 0 saturated carbocycles. The van der Waals surface area contributed by atoms with Gasteiger partial charge in [-0.05, 0) is 0 Å². The quantitative estimate of drug-likeness (QED) is 0.376. The number of aliphatic hydroxyl groups excluding tert-OH is 2. The molecule has 0 bridgehead atoms. The van der Waals surface area contributed by atoms with E-state index in [1.165, 1.54) is 4.90 Å². The van der Waals surface area contributed by atoms with Crippen LogP contribution in [0.4, 0.5) is 0 Å². The Kier molecular flexibility index (Phi) is 3.08. The number of amides is 2. The topological polar surface area (TPSA) is 102 Å². The maximum absolute atomic E-state index is 11.9. The third-order valence-corrected chi connectivity index (χ3v) is 2.88. The van der Waals surface area contributed by atoms with Crippen LogP contribution in [0.1, 0.15) is 0 Å². The Bertz CT molecular complexity index is 289. The summed E-state index contributed by atoms with van der Waals surface area (Å²) in [5.74, 6) is -0.332. The normalized spacial score (nSPS) is 35.0. The van der Waals surface area contributed by atoms with E-state index in [9.17, 15) is 19.8 Å². The second-order valence-corrected chi connectivity index (χ2v) is 4.12. The highest BCUT2D eigenvalue weighted by atomic mass is 16.3. The van der Waals surface area contributed by atoms with Gasteiger partial charge in [0.2, 0.25) is 11.8 Å². The van der Waals surface area contributed by atoms with Gasteiger partial charge >= 0.3 is 0 Å². The van der Waals surface area contributed by atoms with Crippen LogP contribution in [0.3, 0.4) is 0 Å². The number of hydrogen-bond donors (Lipinski definition) is 4. The minimum Gasteiger partial charge on any atom is -0.388 e. The van der Waals surface area contributed by atoms with E-state index >= 15 is 0 Å². The van der Waals surface area contributed by atoms with Gasteiger partial charge in [0.05, 0.1) is 18.8 Å². The standard InChI is InChI=1S/C9H15N3O4/c13-6-3-12(4-7(6)14)9(16)5-1-11-8(15)2-10-5/h5-7,10,13-14H,1-4H2,(H,11,15). The number of likely N-dealkylation sites (tertiary alicyclic amines) is 1. The van der Waals surface area contributed by atoms with Crippen molar-refractivity contribution >= 4 is 11.8 Å². The summed E-state index contributed by atoms with van der Waals surface area (Å²) in [5.41, 5.74) is 0. The average molecular weight is 229 g/mol. The van der Waals surface area contributed by atoms with Crippen molar-refractivity contribution < 1.29 is 19.8 Å². The predicted molar refractivity (Wildman–Crippen MR) is 53.4 cm³/mol. The Balaban J connectivity index is 1.90. The van der Waals surface area contributed by atoms with Crippen molar-refractivity contribution in [1.82, 2.24) is 15.5 Å². The van der Waals surface area contributed by atoms with Crippen molar-refractivity contribution in [2.75, 3.05) is 26.2 Å². The van der Waals surface area contributed by atoms with Crippen LogP contribution in [-0.2, 0) is 9.59 Å². The lowest BCUT2D eigenvalue weighted by Crippen LogP contribution is -2.58. The lowest BCUT2D eigenvalue weighted by Gasteiger charge is -2.27. The summed E-state index contributed by atoms with van der Waals surface area (Å²) < 4.78 is 0. The van der Waals surface area contributed by atoms with Crippen molar-refractivity contribution in [3.8, 4) is 0 Å². The molecule has 2 saturated heterocycles. The number of nitrogens with zero attached hydrogens (tertiary/aromatic N) is 1. The summed E-state index contributed by atoms with van der Waals surface area (Å²) in [6.07, 6.45) is -1.75. The molecule has 16 heavy (non-hydrogen) atoms. The molecule has 2 rings (SSSR count). The first kappa shape index (κ1) is 11.3. The number of hydrogen-bond acceptors (Lipinski definition) is 5. The lowest BCUT2D eigenvalue weighted by atomic mass is 10.2. The number of carbonyl (C=O) groups excluding carboxylic acids is 2. The van der Waals surface area contributed by atoms with Crippen molar-refractivity contribution in [2.24, 2.45) is 0 Å². The number of aliphatic hydroxyl groups is 2. The smallest absolute Gasteiger partial charge is 0.241 e. The van der Waals surface area contributed by atoms with E-state index in [2.05, 4.69) is 10.6 Å². The first-order chi connectivity index (χ1) is 7.58. The van der Waals surface area contributed by atoms with Gasteiger partial charge in [-0.2, -0.15) is 0 Å². The number of β-amino-alcohol motifs (C(OH)–C–C–N with tert-alkyl or cyclic N) is 2. The van der Waals surface area contributed by atoms with Gasteiger partial charge in [-0.1, -0.05) is 0 Å². The van der Waals surface area contributed by atoms with Gasteiger partial charge in [-0.25, -0.2) is 0 Å². The summed E-state index contributed by atoms with van der Waals surface area (Å²) in [5, 5.41) is 24.0. The Morgan fingerprint density at radius 3 is 2.44 bits per heavy atom. The fraction of sp³-hybridized carbons (Fsp3) is 0.778. The lowest BCUT2D eigenvalue weighted by molar-refractivity contribution is -0.134. The Morgan fingerprint density at radius 1 is 1.31 bits per heavy atom. The van der Waals surface area contributed by atoms with Gasteiger partial charge in [-0.3, -0.25) is 14.9 Å². The molecule has 2 amide bonds. The zero-order valence-electron chi connectivity index (χ0n) is 8.72. The van der Waals surface area contributed by atoms with Crippen LogP contribution in [0, 0.1) is 0 Å². The minimum absolute atomic E-state index is 0.120. The zero-order valence-corrected chi connectivity index (χ0v) is 8.72. The summed E-state index contributed by atoms with van der Waals surface area (Å²) in [6, 6.07) is -0.463. The van der Waals surface area contributed by atoms with Crippen LogP contribution in [0.15, 0.2) is 0 Å². The SMILES string of the molecule is O=C1CNC(C(=O)N2CC(O)C(O)C2)CN1. The number of carbonyl (C=O) groups is 2. The molecule has 2 aliphatic rings. The average Bonchev–Trinajstić information content (AvgIpc) is 2.59. The molecule has 3 unspecified atom stereocenters. The first-order valence-corrected chi connectivity index (χ1v) is 5.23. The molecule has 0 radical (unpaired) electrons. The van der Waals surface area contributed by atoms with Gasteiger partial charge < -0.3 is 20.4 Å². The molecule has 0 aromatic rings. The van der Waals surface area contributed by atoms with E-state index in [1.54, 1.807) is 0 Å². The Morgan fingerprint density at radius 2 is 1.94 bits per heavy atom. The highest BCUT2D eigenvalue weighted by Crippen LogP contribution is 2.11. The van der Waals surface area contributed by atoms with Crippen LogP contribution >= 0.6 is 0 Å². The van der Waals surface area contributed by atoms with Crippen LogP contribution in [0.5, 0.6) is 0 Å². The molecule has 7 nitrogen and oxygen atoms in total. The van der Waals surface area contributed by atoms with Gasteiger partial charge in [-0.15, -0.1) is 0 Å². The van der Waals surface area contributed by atoms with Gasteiger partial charge in [0.25, 0.3) is 0 Å². The second kappa shape index (κ2) is 4.36. The molecule has 90 valence electrons. The van der Waals surface area contributed by atoms with Crippen molar-refractivity contribution in [1.29, 1.82) is 0 Å². The fourth-order valence-electron chi connectivity index (χ4n) is 1.91. The molecule has 2 fully saturated rings. The highest BCUT2D eigenvalue weighted by molar-refractivity contribution is 5.87. The monoisotopic (exact) mass is 229 g/mol. The molecule has 7 heteroatoms. The van der Waals surface area contributed by atoms with Crippen LogP contribution in [0.2, 0.25) is 0 Å². The maximum atomic E-state index is 11.9. The van der Waals surface area contributed by atoms with E-state index < -0.39 is 18.2 Å². The van der Waals surface area contributed by atoms with Gasteiger partial charge in [0.1, 0.15) is 6.04 Å².